The number of allylic oxidation sites excluding steroid dienone is 1. The van der Waals surface area contributed by atoms with E-state index in [4.69, 9.17) is 0 Å². The van der Waals surface area contributed by atoms with Crippen molar-refractivity contribution >= 4 is 11.6 Å². The molecule has 0 amide bonds. The summed E-state index contributed by atoms with van der Waals surface area (Å²) in [4.78, 5) is 26.4. The van der Waals surface area contributed by atoms with Crippen LogP contribution in [0.2, 0.25) is 0 Å². The Morgan fingerprint density at radius 3 is 1.83 bits per heavy atom. The number of carbonyl (C=O) groups is 2. The average molecular weight is 795 g/mol. The number of aliphatic hydroxyl groups is 2. The summed E-state index contributed by atoms with van der Waals surface area (Å²) in [5.74, 6) is 8.60. The molecule has 0 unspecified atom stereocenters. The molecule has 0 bridgehead atoms. The standard InChI is InChI=1S/C25H38N2O2.C25H36N2O2/c2*1-16-13-20-17(14-25(16,3)29)5-6-19-18(20)9-10-24(2)21(19)7-8-22(24)23(28)15-27-12-4-11-26-27/h4,11-12,16-22,29H,5-10,13-15H2,1-3H3;4-5,11-12,16,18-22,29H,6-10,13-15H2,1-3H3/t16-,17+,18-,19+,20-,21-,22+,24-,25-;16-,18-,19+,20-,21-,22+,24-,25-/m00/s1. The zero-order valence-corrected chi connectivity index (χ0v) is 36.6. The Kier molecular flexibility index (Phi) is 10.6. The van der Waals surface area contributed by atoms with Gasteiger partial charge in [0, 0.05) is 36.6 Å². The molecule has 0 saturated heterocycles. The molecular weight excluding hydrogens is 721 g/mol. The summed E-state index contributed by atoms with van der Waals surface area (Å²) in [6.07, 6.45) is 27.2. The molecule has 8 nitrogen and oxygen atoms in total. The molecule has 2 N–H and O–H groups in total. The second-order valence-electron chi connectivity index (χ2n) is 22.5. The molecule has 8 aliphatic carbocycles. The number of ketones is 2. The number of hydrogen-bond donors (Lipinski definition) is 2. The molecule has 2 heterocycles. The molecule has 0 aliphatic heterocycles. The van der Waals surface area contributed by atoms with Gasteiger partial charge in [0.2, 0.25) is 0 Å². The van der Waals surface area contributed by atoms with Crippen molar-refractivity contribution in [2.75, 3.05) is 0 Å². The van der Waals surface area contributed by atoms with E-state index >= 15 is 0 Å². The van der Waals surface area contributed by atoms with E-state index in [1.165, 1.54) is 63.4 Å². The Balaban J connectivity index is 0.000000150. The van der Waals surface area contributed by atoms with E-state index in [2.05, 4.69) is 50.9 Å². The first-order valence-corrected chi connectivity index (χ1v) is 23.7. The van der Waals surface area contributed by atoms with Crippen molar-refractivity contribution in [2.45, 2.75) is 162 Å². The fourth-order valence-electron chi connectivity index (χ4n) is 16.3. The SMILES string of the molecule is C[C@H]1C[C@H]2C(=CC[C@@H]3[C@@H]2CC[C@]2(C)[C@@H](C(=O)Cn4cccn4)CC[C@@H]32)C[C@]1(C)O.C[C@H]1C[C@H]2[C@H](CC[C@@H]3[C@@H]2CC[C@]2(C)[C@@H](C(=O)Cn4cccn4)CC[C@@H]32)C[C@]1(C)O. The number of fused-ring (bicyclic) bond motifs is 10. The van der Waals surface area contributed by atoms with Gasteiger partial charge in [0.1, 0.15) is 0 Å². The Labute approximate surface area is 348 Å². The van der Waals surface area contributed by atoms with Gasteiger partial charge >= 0.3 is 0 Å². The van der Waals surface area contributed by atoms with E-state index in [1.54, 1.807) is 21.8 Å². The summed E-state index contributed by atoms with van der Waals surface area (Å²) >= 11 is 0. The fraction of sp³-hybridized carbons (Fsp3) is 0.800. The zero-order valence-electron chi connectivity index (χ0n) is 36.6. The monoisotopic (exact) mass is 795 g/mol. The van der Waals surface area contributed by atoms with Crippen LogP contribution in [0.5, 0.6) is 0 Å². The van der Waals surface area contributed by atoms with Crippen molar-refractivity contribution in [2.24, 2.45) is 87.8 Å². The van der Waals surface area contributed by atoms with Crippen molar-refractivity contribution in [1.82, 2.24) is 19.6 Å². The summed E-state index contributed by atoms with van der Waals surface area (Å²) in [5, 5.41) is 30.1. The lowest BCUT2D eigenvalue weighted by atomic mass is 9.48. The lowest BCUT2D eigenvalue weighted by Gasteiger charge is -2.58. The molecule has 8 aliphatic rings. The predicted molar refractivity (Wildman–Crippen MR) is 226 cm³/mol. The quantitative estimate of drug-likeness (QED) is 0.282. The van der Waals surface area contributed by atoms with Crippen LogP contribution in [-0.4, -0.2) is 52.5 Å². The number of hydrogen-bond acceptors (Lipinski definition) is 6. The van der Waals surface area contributed by atoms with Gasteiger partial charge in [0.05, 0.1) is 24.3 Å². The molecule has 8 heteroatoms. The van der Waals surface area contributed by atoms with Crippen molar-refractivity contribution in [3.8, 4) is 0 Å². The highest BCUT2D eigenvalue weighted by Crippen LogP contribution is 2.66. The van der Waals surface area contributed by atoms with E-state index in [-0.39, 0.29) is 22.7 Å². The molecule has 7 fully saturated rings. The Hall–Kier alpha value is -2.58. The minimum atomic E-state index is -0.546. The van der Waals surface area contributed by atoms with Crippen LogP contribution in [0.15, 0.2) is 48.6 Å². The van der Waals surface area contributed by atoms with E-state index < -0.39 is 11.2 Å². The molecule has 0 spiro atoms. The second kappa shape index (κ2) is 15.1. The lowest BCUT2D eigenvalue weighted by Crippen LogP contribution is -2.53. The van der Waals surface area contributed by atoms with E-state index in [0.717, 1.165) is 68.1 Å². The highest BCUT2D eigenvalue weighted by molar-refractivity contribution is 5.82. The van der Waals surface area contributed by atoms with Crippen LogP contribution in [0.4, 0.5) is 0 Å². The summed E-state index contributed by atoms with van der Waals surface area (Å²) in [7, 11) is 0. The number of rotatable bonds is 6. The van der Waals surface area contributed by atoms with Gasteiger partial charge in [-0.05, 0) is 198 Å². The Morgan fingerprint density at radius 2 is 1.24 bits per heavy atom. The number of Topliss-reactive ketones (excluding diaryl/α,β-unsaturated/α-hetero) is 2. The minimum absolute atomic E-state index is 0.155. The van der Waals surface area contributed by atoms with Crippen LogP contribution in [0, 0.1) is 87.8 Å². The third-order valence-corrected chi connectivity index (χ3v) is 19.8. The summed E-state index contributed by atoms with van der Waals surface area (Å²) < 4.78 is 3.58. The molecular formula is C50H74N4O4. The van der Waals surface area contributed by atoms with Gasteiger partial charge in [-0.25, -0.2) is 0 Å². The van der Waals surface area contributed by atoms with Crippen LogP contribution in [0.1, 0.15) is 138 Å². The zero-order chi connectivity index (χ0) is 40.8. The first kappa shape index (κ1) is 40.8. The summed E-state index contributed by atoms with van der Waals surface area (Å²) in [6, 6.07) is 3.80. The topological polar surface area (TPSA) is 110 Å². The van der Waals surface area contributed by atoms with Gasteiger partial charge in [-0.15, -0.1) is 0 Å². The third-order valence-electron chi connectivity index (χ3n) is 19.8. The number of carbonyl (C=O) groups excluding carboxylic acids is 2. The number of aromatic nitrogens is 4. The predicted octanol–water partition coefficient (Wildman–Crippen LogP) is 9.36. The van der Waals surface area contributed by atoms with Crippen LogP contribution >= 0.6 is 0 Å². The molecule has 17 atom stereocenters. The second-order valence-corrected chi connectivity index (χ2v) is 22.5. The maximum Gasteiger partial charge on any atom is 0.157 e. The van der Waals surface area contributed by atoms with Gasteiger partial charge in [0.25, 0.3) is 0 Å². The van der Waals surface area contributed by atoms with Gasteiger partial charge in [0.15, 0.2) is 11.6 Å². The largest absolute Gasteiger partial charge is 0.390 e. The van der Waals surface area contributed by atoms with Crippen LogP contribution < -0.4 is 0 Å². The molecule has 2 aromatic rings. The average Bonchev–Trinajstić information content (AvgIpc) is 4.00. The van der Waals surface area contributed by atoms with Crippen LogP contribution in [0.3, 0.4) is 0 Å². The molecule has 7 saturated carbocycles. The lowest BCUT2D eigenvalue weighted by molar-refractivity contribution is -0.137. The van der Waals surface area contributed by atoms with Gasteiger partial charge in [-0.2, -0.15) is 10.2 Å². The maximum absolute atomic E-state index is 13.2. The molecule has 2 aromatic heterocycles. The van der Waals surface area contributed by atoms with Crippen LogP contribution in [0.25, 0.3) is 0 Å². The third kappa shape index (κ3) is 6.94. The Morgan fingerprint density at radius 1 is 0.672 bits per heavy atom. The molecule has 0 radical (unpaired) electrons. The van der Waals surface area contributed by atoms with Crippen molar-refractivity contribution in [3.63, 3.8) is 0 Å². The molecule has 0 aromatic carbocycles. The smallest absolute Gasteiger partial charge is 0.157 e. The minimum Gasteiger partial charge on any atom is -0.390 e. The first-order chi connectivity index (χ1) is 27.6. The molecule has 58 heavy (non-hydrogen) atoms. The van der Waals surface area contributed by atoms with Crippen molar-refractivity contribution in [3.05, 3.63) is 48.6 Å². The van der Waals surface area contributed by atoms with E-state index in [1.807, 2.05) is 31.5 Å². The highest BCUT2D eigenvalue weighted by Gasteiger charge is 2.60. The highest BCUT2D eigenvalue weighted by atomic mass is 16.3. The Bertz CT molecular complexity index is 1830. The fourth-order valence-corrected chi connectivity index (χ4v) is 16.3. The van der Waals surface area contributed by atoms with E-state index in [0.29, 0.717) is 60.2 Å². The summed E-state index contributed by atoms with van der Waals surface area (Å²) in [5.41, 5.74) is 0.846. The van der Waals surface area contributed by atoms with Crippen LogP contribution in [-0.2, 0) is 22.7 Å². The van der Waals surface area contributed by atoms with Gasteiger partial charge < -0.3 is 10.2 Å². The maximum atomic E-state index is 13.2. The first-order valence-electron chi connectivity index (χ1n) is 23.7. The summed E-state index contributed by atoms with van der Waals surface area (Å²) in [6.45, 7) is 14.3. The number of nitrogens with zero attached hydrogens (tertiary/aromatic N) is 4. The van der Waals surface area contributed by atoms with Gasteiger partial charge in [-0.1, -0.05) is 39.3 Å². The van der Waals surface area contributed by atoms with E-state index in [9.17, 15) is 19.8 Å². The van der Waals surface area contributed by atoms with Crippen molar-refractivity contribution in [1.29, 1.82) is 0 Å². The van der Waals surface area contributed by atoms with Crippen molar-refractivity contribution < 1.29 is 19.8 Å². The normalized spacial score (nSPS) is 47.8. The van der Waals surface area contributed by atoms with Gasteiger partial charge in [-0.3, -0.25) is 19.0 Å². The molecule has 318 valence electrons. The molecule has 10 rings (SSSR count).